The Balaban J connectivity index is 4.40. The predicted octanol–water partition coefficient (Wildman–Crippen LogP) is 8.90. The fourth-order valence-corrected chi connectivity index (χ4v) is 5.07. The Morgan fingerprint density at radius 2 is 1.28 bits per heavy atom. The van der Waals surface area contributed by atoms with E-state index in [1.807, 2.05) is 37.3 Å². The molecule has 10 nitrogen and oxygen atoms in total. The third-order valence-electron chi connectivity index (χ3n) is 7.23. The number of rotatable bonds is 33. The smallest absolute Gasteiger partial charge is 0.462 e. The summed E-state index contributed by atoms with van der Waals surface area (Å²) < 4.78 is 32.5. The third-order valence-corrected chi connectivity index (χ3v) is 8.22. The van der Waals surface area contributed by atoms with Crippen molar-refractivity contribution >= 4 is 19.8 Å². The van der Waals surface area contributed by atoms with Crippen LogP contribution in [0.25, 0.3) is 0 Å². The molecule has 0 rings (SSSR count). The van der Waals surface area contributed by atoms with Crippen molar-refractivity contribution < 1.29 is 42.7 Å². The molecule has 0 amide bonds. The number of unbranched alkanes of at least 4 members (excludes halogenated alkanes) is 8. The van der Waals surface area contributed by atoms with E-state index in [1.54, 1.807) is 6.08 Å². The van der Waals surface area contributed by atoms with E-state index in [0.29, 0.717) is 25.7 Å². The molecule has 0 bridgehead atoms. The number of ether oxygens (including phenoxy) is 2. The van der Waals surface area contributed by atoms with Gasteiger partial charge in [-0.3, -0.25) is 18.6 Å². The predicted molar refractivity (Wildman–Crippen MR) is 202 cm³/mol. The summed E-state index contributed by atoms with van der Waals surface area (Å²) in [6.07, 6.45) is 37.5. The van der Waals surface area contributed by atoms with Crippen LogP contribution >= 0.6 is 7.82 Å². The summed E-state index contributed by atoms with van der Waals surface area (Å²) in [7, 11) is -4.40. The lowest BCUT2D eigenvalue weighted by Crippen LogP contribution is -2.29. The Morgan fingerprint density at radius 3 is 1.96 bits per heavy atom. The van der Waals surface area contributed by atoms with Gasteiger partial charge in [0.15, 0.2) is 6.10 Å². The largest absolute Gasteiger partial charge is 0.472 e. The highest BCUT2D eigenvalue weighted by Gasteiger charge is 2.25. The number of carbonyl (C=O) groups excluding carboxylic acids is 2. The first-order valence-corrected chi connectivity index (χ1v) is 20.0. The molecule has 1 unspecified atom stereocenters. The van der Waals surface area contributed by atoms with Gasteiger partial charge in [-0.2, -0.15) is 0 Å². The molecule has 0 saturated heterocycles. The number of nitrogens with two attached hydrogens (primary N) is 1. The van der Waals surface area contributed by atoms with Crippen LogP contribution in [0.2, 0.25) is 0 Å². The number of aliphatic hydroxyl groups excluding tert-OH is 1. The van der Waals surface area contributed by atoms with E-state index in [-0.39, 0.29) is 38.7 Å². The van der Waals surface area contributed by atoms with Crippen molar-refractivity contribution in [2.24, 2.45) is 5.73 Å². The van der Waals surface area contributed by atoms with Crippen molar-refractivity contribution in [1.82, 2.24) is 0 Å². The van der Waals surface area contributed by atoms with Crippen LogP contribution < -0.4 is 5.73 Å². The SMILES string of the molecule is CCCC/C=C\CCCCCCCC(=O)OC[C@H](COP(=O)(O)OCCN)OC(=O)CCC/C=C\C/C=C\C/C=C\C/C=C\C=C\[C@H](O)CC. The van der Waals surface area contributed by atoms with Crippen LogP contribution in [0.15, 0.2) is 72.9 Å². The molecule has 0 spiro atoms. The Kier molecular flexibility index (Phi) is 33.0. The van der Waals surface area contributed by atoms with Crippen LogP contribution in [-0.2, 0) is 32.7 Å². The highest BCUT2D eigenvalue weighted by atomic mass is 31.2. The second-order valence-electron chi connectivity index (χ2n) is 11.9. The van der Waals surface area contributed by atoms with E-state index in [1.165, 1.54) is 12.8 Å². The maximum absolute atomic E-state index is 12.5. The van der Waals surface area contributed by atoms with E-state index in [9.17, 15) is 24.2 Å². The average Bonchev–Trinajstić information content (AvgIpc) is 3.10. The molecule has 0 aliphatic carbocycles. The van der Waals surface area contributed by atoms with Gasteiger partial charge in [-0.1, -0.05) is 119 Å². The minimum absolute atomic E-state index is 0.0336. The maximum atomic E-state index is 12.5. The summed E-state index contributed by atoms with van der Waals surface area (Å²) in [5, 5.41) is 9.45. The topological polar surface area (TPSA) is 155 Å². The Bertz CT molecular complexity index is 1070. The fraction of sp³-hybridized carbons (Fsp3) is 0.641. The van der Waals surface area contributed by atoms with Crippen molar-refractivity contribution in [1.29, 1.82) is 0 Å². The van der Waals surface area contributed by atoms with Crippen LogP contribution in [0, 0.1) is 0 Å². The molecule has 0 aliphatic heterocycles. The van der Waals surface area contributed by atoms with E-state index >= 15 is 0 Å². The standard InChI is InChI=1S/C39H66NO9P/c1-3-5-6-7-8-9-14-18-21-24-27-30-38(42)46-34-37(35-48-50(44,45)47-33-32-40)49-39(43)31-28-25-22-19-16-13-11-10-12-15-17-20-23-26-29-36(41)4-2/h7-8,11-13,15,19-20,22-23,26,29,36-37,41H,3-6,9-10,14,16-18,21,24-25,27-28,30-35,40H2,1-2H3,(H,44,45)/b8-7-,13-11-,15-12-,22-19-,23-20-,29-26+/t36-,37-/m1/s1. The Hall–Kier alpha value is -2.59. The van der Waals surface area contributed by atoms with Crippen LogP contribution in [0.5, 0.6) is 0 Å². The summed E-state index contributed by atoms with van der Waals surface area (Å²) >= 11 is 0. The molecular weight excluding hydrogens is 657 g/mol. The van der Waals surface area contributed by atoms with Gasteiger partial charge in [0.25, 0.3) is 0 Å². The normalized spacial score (nSPS) is 14.9. The van der Waals surface area contributed by atoms with Crippen molar-refractivity contribution in [3.8, 4) is 0 Å². The summed E-state index contributed by atoms with van der Waals surface area (Å²) in [6, 6.07) is 0. The summed E-state index contributed by atoms with van der Waals surface area (Å²) in [4.78, 5) is 34.6. The molecule has 0 saturated carbocycles. The van der Waals surface area contributed by atoms with Crippen LogP contribution in [0.1, 0.15) is 123 Å². The Labute approximate surface area is 302 Å². The zero-order chi connectivity index (χ0) is 37.0. The molecule has 0 heterocycles. The first kappa shape index (κ1) is 47.4. The van der Waals surface area contributed by atoms with Gasteiger partial charge in [-0.15, -0.1) is 0 Å². The van der Waals surface area contributed by atoms with Crippen molar-refractivity contribution in [3.05, 3.63) is 72.9 Å². The molecule has 0 aromatic rings. The average molecular weight is 724 g/mol. The third kappa shape index (κ3) is 33.9. The number of phosphoric ester groups is 1. The summed E-state index contributed by atoms with van der Waals surface area (Å²) in [5.74, 6) is -0.938. The number of hydrogen-bond donors (Lipinski definition) is 3. The second-order valence-corrected chi connectivity index (χ2v) is 13.4. The highest BCUT2D eigenvalue weighted by molar-refractivity contribution is 7.47. The number of aliphatic hydroxyl groups is 1. The van der Waals surface area contributed by atoms with E-state index in [2.05, 4.69) is 43.4 Å². The molecule has 4 N–H and O–H groups in total. The van der Waals surface area contributed by atoms with Crippen LogP contribution in [0.3, 0.4) is 0 Å². The zero-order valence-corrected chi connectivity index (χ0v) is 31.6. The number of phosphoric acid groups is 1. The van der Waals surface area contributed by atoms with Gasteiger partial charge in [-0.05, 0) is 64.2 Å². The molecule has 50 heavy (non-hydrogen) atoms. The molecule has 3 atom stereocenters. The molecular formula is C39H66NO9P. The molecule has 0 fully saturated rings. The highest BCUT2D eigenvalue weighted by Crippen LogP contribution is 2.43. The van der Waals surface area contributed by atoms with E-state index in [0.717, 1.165) is 57.8 Å². The molecule has 286 valence electrons. The lowest BCUT2D eigenvalue weighted by atomic mass is 10.1. The van der Waals surface area contributed by atoms with E-state index < -0.39 is 32.5 Å². The van der Waals surface area contributed by atoms with Crippen LogP contribution in [0.4, 0.5) is 0 Å². The first-order valence-electron chi connectivity index (χ1n) is 18.5. The van der Waals surface area contributed by atoms with E-state index in [4.69, 9.17) is 24.3 Å². The monoisotopic (exact) mass is 723 g/mol. The molecule has 0 aliphatic rings. The summed E-state index contributed by atoms with van der Waals surface area (Å²) in [6.45, 7) is 3.23. The number of hydrogen-bond acceptors (Lipinski definition) is 9. The van der Waals surface area contributed by atoms with Gasteiger partial charge in [0, 0.05) is 19.4 Å². The summed E-state index contributed by atoms with van der Waals surface area (Å²) in [5.41, 5.74) is 5.32. The number of allylic oxidation sites excluding steroid dienone is 11. The molecule has 0 aromatic carbocycles. The van der Waals surface area contributed by atoms with Gasteiger partial charge in [0.05, 0.1) is 19.3 Å². The minimum atomic E-state index is -4.40. The molecule has 0 radical (unpaired) electrons. The van der Waals surface area contributed by atoms with Crippen LogP contribution in [-0.4, -0.2) is 60.5 Å². The van der Waals surface area contributed by atoms with Crippen molar-refractivity contribution in [3.63, 3.8) is 0 Å². The van der Waals surface area contributed by atoms with Gasteiger partial charge in [0.2, 0.25) is 0 Å². The lowest BCUT2D eigenvalue weighted by molar-refractivity contribution is -0.161. The number of carbonyl (C=O) groups is 2. The first-order chi connectivity index (χ1) is 24.2. The molecule has 0 aromatic heterocycles. The maximum Gasteiger partial charge on any atom is 0.472 e. The van der Waals surface area contributed by atoms with Gasteiger partial charge in [0.1, 0.15) is 6.61 Å². The van der Waals surface area contributed by atoms with Gasteiger partial charge < -0.3 is 25.2 Å². The van der Waals surface area contributed by atoms with Gasteiger partial charge >= 0.3 is 19.8 Å². The van der Waals surface area contributed by atoms with Crippen molar-refractivity contribution in [2.75, 3.05) is 26.4 Å². The lowest BCUT2D eigenvalue weighted by Gasteiger charge is -2.19. The van der Waals surface area contributed by atoms with Crippen molar-refractivity contribution in [2.45, 2.75) is 135 Å². The quantitative estimate of drug-likeness (QED) is 0.0197. The molecule has 11 heteroatoms. The number of esters is 2. The zero-order valence-electron chi connectivity index (χ0n) is 30.7. The van der Waals surface area contributed by atoms with Gasteiger partial charge in [-0.25, -0.2) is 4.57 Å². The minimum Gasteiger partial charge on any atom is -0.462 e. The Morgan fingerprint density at radius 1 is 0.700 bits per heavy atom. The second kappa shape index (κ2) is 34.8. The fourth-order valence-electron chi connectivity index (χ4n) is 4.31.